The van der Waals surface area contributed by atoms with Crippen LogP contribution in [-0.2, 0) is 23.9 Å². The number of amides is 2. The van der Waals surface area contributed by atoms with Crippen LogP contribution in [-0.4, -0.2) is 62.0 Å². The van der Waals surface area contributed by atoms with Crippen LogP contribution in [0.3, 0.4) is 0 Å². The number of hydrogen-bond donors (Lipinski definition) is 0. The molecule has 0 atom stereocenters. The predicted octanol–water partition coefficient (Wildman–Crippen LogP) is 2.50. The van der Waals surface area contributed by atoms with Gasteiger partial charge in [-0.1, -0.05) is 11.6 Å². The van der Waals surface area contributed by atoms with E-state index in [9.17, 15) is 19.2 Å². The van der Waals surface area contributed by atoms with Crippen molar-refractivity contribution >= 4 is 52.5 Å². The van der Waals surface area contributed by atoms with E-state index in [-0.39, 0.29) is 34.6 Å². The standard InChI is InChI=1S/C18H18ClNO8S/c1-4-27-14(21)8-20-17(23)13(29-18(20)24)7-10-5-11(19)16(12(6-10)25-2)28-9-15(22)26-3/h5-7H,4,8-9H2,1-3H3/b13-7-. The lowest BCUT2D eigenvalue weighted by molar-refractivity contribution is -0.146. The smallest absolute Gasteiger partial charge is 0.343 e. The Labute approximate surface area is 175 Å². The molecule has 0 aromatic heterocycles. The van der Waals surface area contributed by atoms with Gasteiger partial charge in [0.05, 0.1) is 30.8 Å². The second-order valence-electron chi connectivity index (χ2n) is 5.47. The van der Waals surface area contributed by atoms with Crippen molar-refractivity contribution in [2.45, 2.75) is 6.92 Å². The number of carbonyl (C=O) groups is 4. The zero-order chi connectivity index (χ0) is 21.6. The van der Waals surface area contributed by atoms with Gasteiger partial charge in [0.15, 0.2) is 18.1 Å². The number of benzene rings is 1. The lowest BCUT2D eigenvalue weighted by atomic mass is 10.1. The number of methoxy groups -OCH3 is 2. The third kappa shape index (κ3) is 5.64. The van der Waals surface area contributed by atoms with Gasteiger partial charge in [0.1, 0.15) is 6.54 Å². The maximum absolute atomic E-state index is 12.4. The van der Waals surface area contributed by atoms with E-state index in [1.54, 1.807) is 6.92 Å². The van der Waals surface area contributed by atoms with E-state index < -0.39 is 29.6 Å². The average molecular weight is 444 g/mol. The number of rotatable bonds is 8. The summed E-state index contributed by atoms with van der Waals surface area (Å²) in [7, 11) is 2.61. The van der Waals surface area contributed by atoms with Crippen molar-refractivity contribution in [1.82, 2.24) is 4.90 Å². The summed E-state index contributed by atoms with van der Waals surface area (Å²) in [4.78, 5) is 48.2. The molecule has 0 saturated carbocycles. The van der Waals surface area contributed by atoms with E-state index in [0.717, 1.165) is 4.90 Å². The van der Waals surface area contributed by atoms with Gasteiger partial charge in [-0.15, -0.1) is 0 Å². The topological polar surface area (TPSA) is 108 Å². The van der Waals surface area contributed by atoms with E-state index in [1.807, 2.05) is 0 Å². The van der Waals surface area contributed by atoms with E-state index in [4.69, 9.17) is 25.8 Å². The van der Waals surface area contributed by atoms with Crippen LogP contribution < -0.4 is 9.47 Å². The van der Waals surface area contributed by atoms with Crippen LogP contribution in [0.5, 0.6) is 11.5 Å². The first-order chi connectivity index (χ1) is 13.8. The van der Waals surface area contributed by atoms with E-state index in [0.29, 0.717) is 17.3 Å². The molecule has 1 heterocycles. The number of esters is 2. The van der Waals surface area contributed by atoms with Gasteiger partial charge in [0, 0.05) is 0 Å². The molecule has 1 aliphatic rings. The monoisotopic (exact) mass is 443 g/mol. The molecule has 1 fully saturated rings. The van der Waals surface area contributed by atoms with Gasteiger partial charge in [-0.3, -0.25) is 19.3 Å². The molecule has 156 valence electrons. The van der Waals surface area contributed by atoms with Crippen LogP contribution >= 0.6 is 23.4 Å². The molecule has 1 aromatic carbocycles. The molecule has 1 saturated heterocycles. The second-order valence-corrected chi connectivity index (χ2v) is 6.87. The van der Waals surface area contributed by atoms with Crippen molar-refractivity contribution in [2.24, 2.45) is 0 Å². The molecule has 1 aromatic rings. The Morgan fingerprint density at radius 2 is 1.93 bits per heavy atom. The zero-order valence-corrected chi connectivity index (χ0v) is 17.4. The lowest BCUT2D eigenvalue weighted by Gasteiger charge is -2.13. The maximum atomic E-state index is 12.4. The molecule has 0 spiro atoms. The van der Waals surface area contributed by atoms with Crippen LogP contribution in [0.25, 0.3) is 6.08 Å². The summed E-state index contributed by atoms with van der Waals surface area (Å²) < 4.78 is 19.8. The number of imide groups is 1. The van der Waals surface area contributed by atoms with Crippen molar-refractivity contribution in [3.05, 3.63) is 27.6 Å². The molecule has 29 heavy (non-hydrogen) atoms. The van der Waals surface area contributed by atoms with Crippen molar-refractivity contribution in [3.8, 4) is 11.5 Å². The SMILES string of the molecule is CCOC(=O)CN1C(=O)S/C(=C\c2cc(Cl)c(OCC(=O)OC)c(OC)c2)C1=O. The number of ether oxygens (including phenoxy) is 4. The largest absolute Gasteiger partial charge is 0.493 e. The summed E-state index contributed by atoms with van der Waals surface area (Å²) in [6.07, 6.45) is 1.44. The summed E-state index contributed by atoms with van der Waals surface area (Å²) >= 11 is 6.90. The van der Waals surface area contributed by atoms with Crippen molar-refractivity contribution < 1.29 is 38.1 Å². The van der Waals surface area contributed by atoms with Gasteiger partial charge in [-0.05, 0) is 42.5 Å². The quantitative estimate of drug-likeness (QED) is 0.442. The minimum absolute atomic E-state index is 0.112. The Hall–Kier alpha value is -2.72. The first-order valence-corrected chi connectivity index (χ1v) is 9.48. The van der Waals surface area contributed by atoms with Crippen LogP contribution in [0.2, 0.25) is 5.02 Å². The molecule has 11 heteroatoms. The minimum atomic E-state index is -0.673. The summed E-state index contributed by atoms with van der Waals surface area (Å²) in [5.74, 6) is -1.53. The van der Waals surface area contributed by atoms with Crippen molar-refractivity contribution in [1.29, 1.82) is 0 Å². The molecule has 0 aliphatic carbocycles. The molecule has 2 rings (SSSR count). The minimum Gasteiger partial charge on any atom is -0.493 e. The Morgan fingerprint density at radius 3 is 2.55 bits per heavy atom. The summed E-state index contributed by atoms with van der Waals surface area (Å²) in [6, 6.07) is 3.01. The summed E-state index contributed by atoms with van der Waals surface area (Å²) in [5, 5.41) is -0.448. The zero-order valence-electron chi connectivity index (χ0n) is 15.9. The highest BCUT2D eigenvalue weighted by Crippen LogP contribution is 2.39. The van der Waals surface area contributed by atoms with Gasteiger partial charge in [-0.25, -0.2) is 4.79 Å². The Kier molecular flexibility index (Phi) is 7.91. The Balaban J connectivity index is 2.24. The summed E-state index contributed by atoms with van der Waals surface area (Å²) in [5.41, 5.74) is 0.457. The number of nitrogens with zero attached hydrogens (tertiary/aromatic N) is 1. The number of hydrogen-bond acceptors (Lipinski definition) is 9. The molecule has 1 aliphatic heterocycles. The molecule has 0 bridgehead atoms. The van der Waals surface area contributed by atoms with Gasteiger partial charge in [0.2, 0.25) is 0 Å². The fraction of sp³-hybridized carbons (Fsp3) is 0.333. The first-order valence-electron chi connectivity index (χ1n) is 8.28. The van der Waals surface area contributed by atoms with E-state index in [2.05, 4.69) is 4.74 Å². The molecule has 0 unspecified atom stereocenters. The van der Waals surface area contributed by atoms with E-state index in [1.165, 1.54) is 32.4 Å². The summed E-state index contributed by atoms with van der Waals surface area (Å²) in [6.45, 7) is 0.952. The Morgan fingerprint density at radius 1 is 1.21 bits per heavy atom. The van der Waals surface area contributed by atoms with Crippen molar-refractivity contribution in [3.63, 3.8) is 0 Å². The molecule has 9 nitrogen and oxygen atoms in total. The number of thioether (sulfide) groups is 1. The molecule has 0 N–H and O–H groups in total. The first kappa shape index (κ1) is 22.6. The fourth-order valence-corrected chi connectivity index (χ4v) is 3.39. The maximum Gasteiger partial charge on any atom is 0.343 e. The van der Waals surface area contributed by atoms with Crippen LogP contribution in [0, 0.1) is 0 Å². The lowest BCUT2D eigenvalue weighted by Crippen LogP contribution is -2.34. The van der Waals surface area contributed by atoms with Gasteiger partial charge in [-0.2, -0.15) is 0 Å². The third-order valence-corrected chi connectivity index (χ3v) is 4.77. The second kappa shape index (κ2) is 10.2. The average Bonchev–Trinajstić information content (AvgIpc) is 2.94. The van der Waals surface area contributed by atoms with Gasteiger partial charge < -0.3 is 18.9 Å². The fourth-order valence-electron chi connectivity index (χ4n) is 2.28. The van der Waals surface area contributed by atoms with E-state index >= 15 is 0 Å². The van der Waals surface area contributed by atoms with Crippen molar-refractivity contribution in [2.75, 3.05) is 34.0 Å². The van der Waals surface area contributed by atoms with Crippen LogP contribution in [0.4, 0.5) is 4.79 Å². The van der Waals surface area contributed by atoms with Gasteiger partial charge >= 0.3 is 11.9 Å². The molecular formula is C18H18ClNO8S. The Bertz CT molecular complexity index is 870. The molecule has 0 radical (unpaired) electrons. The molecular weight excluding hydrogens is 426 g/mol. The highest BCUT2D eigenvalue weighted by atomic mass is 35.5. The predicted molar refractivity (Wildman–Crippen MR) is 105 cm³/mol. The highest BCUT2D eigenvalue weighted by Gasteiger charge is 2.36. The number of carbonyl (C=O) groups excluding carboxylic acids is 4. The highest BCUT2D eigenvalue weighted by molar-refractivity contribution is 8.18. The number of halogens is 1. The van der Waals surface area contributed by atoms with Crippen LogP contribution in [0.15, 0.2) is 17.0 Å². The normalized spacial score (nSPS) is 14.9. The van der Waals surface area contributed by atoms with Crippen LogP contribution in [0.1, 0.15) is 12.5 Å². The van der Waals surface area contributed by atoms with Gasteiger partial charge in [0.25, 0.3) is 11.1 Å². The third-order valence-electron chi connectivity index (χ3n) is 3.58. The molecule has 2 amide bonds.